The first-order valence-corrected chi connectivity index (χ1v) is 10.2. The summed E-state index contributed by atoms with van der Waals surface area (Å²) >= 11 is 1.36. The molecule has 8 heteroatoms. The first-order valence-electron chi connectivity index (χ1n) is 9.36. The molecule has 0 saturated carbocycles. The molecule has 0 saturated heterocycles. The molecule has 4 amide bonds. The first-order chi connectivity index (χ1) is 14.5. The van der Waals surface area contributed by atoms with Gasteiger partial charge in [-0.15, -0.1) is 11.3 Å². The molecule has 30 heavy (non-hydrogen) atoms. The van der Waals surface area contributed by atoms with Gasteiger partial charge in [0.2, 0.25) is 0 Å². The van der Waals surface area contributed by atoms with E-state index in [0.29, 0.717) is 34.9 Å². The molecule has 4 N–H and O–H groups in total. The highest BCUT2D eigenvalue weighted by Gasteiger charge is 2.08. The molecule has 0 atom stereocenters. The van der Waals surface area contributed by atoms with Gasteiger partial charge in [-0.2, -0.15) is 0 Å². The molecule has 1 heterocycles. The number of carbonyl (C=O) groups is 3. The number of aryl methyl sites for hydroxylation is 1. The van der Waals surface area contributed by atoms with E-state index in [4.69, 9.17) is 0 Å². The fourth-order valence-electron chi connectivity index (χ4n) is 2.58. The van der Waals surface area contributed by atoms with Crippen molar-refractivity contribution in [1.82, 2.24) is 10.6 Å². The fraction of sp³-hybridized carbons (Fsp3) is 0.136. The van der Waals surface area contributed by atoms with Crippen molar-refractivity contribution in [2.24, 2.45) is 0 Å². The maximum atomic E-state index is 12.2. The Morgan fingerprint density at radius 3 is 1.90 bits per heavy atom. The van der Waals surface area contributed by atoms with Crippen molar-refractivity contribution < 1.29 is 14.4 Å². The Morgan fingerprint density at radius 2 is 1.33 bits per heavy atom. The van der Waals surface area contributed by atoms with E-state index in [9.17, 15) is 14.4 Å². The second kappa shape index (κ2) is 10.2. The monoisotopic (exact) mass is 422 g/mol. The summed E-state index contributed by atoms with van der Waals surface area (Å²) in [6, 6.07) is 17.2. The molecule has 0 unspecified atom stereocenters. The lowest BCUT2D eigenvalue weighted by atomic mass is 10.2. The third kappa shape index (κ3) is 6.18. The topological polar surface area (TPSA) is 99.3 Å². The summed E-state index contributed by atoms with van der Waals surface area (Å²) in [5.74, 6) is -0.408. The summed E-state index contributed by atoms with van der Waals surface area (Å²) in [6.45, 7) is 2.62. The van der Waals surface area contributed by atoms with Crippen LogP contribution in [0.3, 0.4) is 0 Å². The number of anilines is 2. The lowest BCUT2D eigenvalue weighted by molar-refractivity contribution is 0.0929. The zero-order chi connectivity index (χ0) is 21.3. The molecule has 0 bridgehead atoms. The minimum absolute atomic E-state index is 0.154. The number of urea groups is 1. The number of benzene rings is 2. The van der Waals surface area contributed by atoms with Crippen LogP contribution in [0.2, 0.25) is 0 Å². The Kier molecular flexibility index (Phi) is 7.18. The average molecular weight is 423 g/mol. The molecule has 2 aromatic carbocycles. The van der Waals surface area contributed by atoms with Crippen LogP contribution in [0.4, 0.5) is 16.2 Å². The summed E-state index contributed by atoms with van der Waals surface area (Å²) < 4.78 is 0. The van der Waals surface area contributed by atoms with Crippen LogP contribution in [0.15, 0.2) is 66.0 Å². The highest BCUT2D eigenvalue weighted by molar-refractivity contribution is 7.12. The van der Waals surface area contributed by atoms with Gasteiger partial charge in [-0.05, 0) is 54.8 Å². The maximum absolute atomic E-state index is 12.2. The van der Waals surface area contributed by atoms with Crippen molar-refractivity contribution in [2.45, 2.75) is 6.92 Å². The molecule has 154 valence electrons. The summed E-state index contributed by atoms with van der Waals surface area (Å²) in [6.07, 6.45) is 0. The van der Waals surface area contributed by atoms with Gasteiger partial charge in [-0.25, -0.2) is 4.79 Å². The number of carbonyl (C=O) groups excluding carboxylic acids is 3. The highest BCUT2D eigenvalue weighted by atomic mass is 32.1. The van der Waals surface area contributed by atoms with Crippen molar-refractivity contribution in [3.8, 4) is 0 Å². The molecule has 0 aliphatic carbocycles. The minimum Gasteiger partial charge on any atom is -0.350 e. The smallest absolute Gasteiger partial charge is 0.323 e. The predicted molar refractivity (Wildman–Crippen MR) is 119 cm³/mol. The van der Waals surface area contributed by atoms with Crippen LogP contribution in [0, 0.1) is 6.92 Å². The van der Waals surface area contributed by atoms with Gasteiger partial charge in [0.25, 0.3) is 11.8 Å². The van der Waals surface area contributed by atoms with Gasteiger partial charge in [0, 0.05) is 30.0 Å². The van der Waals surface area contributed by atoms with Crippen LogP contribution in [-0.2, 0) is 0 Å². The van der Waals surface area contributed by atoms with Crippen LogP contribution in [0.5, 0.6) is 0 Å². The highest BCUT2D eigenvalue weighted by Crippen LogP contribution is 2.12. The minimum atomic E-state index is -0.363. The van der Waals surface area contributed by atoms with Crippen LogP contribution in [0.1, 0.15) is 25.6 Å². The van der Waals surface area contributed by atoms with Gasteiger partial charge < -0.3 is 21.3 Å². The molecule has 0 aliphatic heterocycles. The van der Waals surface area contributed by atoms with Crippen molar-refractivity contribution in [1.29, 1.82) is 0 Å². The van der Waals surface area contributed by atoms with Gasteiger partial charge in [0.05, 0.1) is 4.88 Å². The Balaban J connectivity index is 1.41. The van der Waals surface area contributed by atoms with E-state index in [0.717, 1.165) is 5.56 Å². The van der Waals surface area contributed by atoms with Crippen molar-refractivity contribution >= 4 is 40.6 Å². The number of amides is 4. The standard InChI is InChI=1S/C22H22N4O3S/c1-15-4-8-17(9-5-15)25-22(29)26-18-10-6-16(7-11-18)20(27)23-12-13-24-21(28)19-3-2-14-30-19/h2-11,14H,12-13H2,1H3,(H,23,27)(H,24,28)(H2,25,26,29). The zero-order valence-corrected chi connectivity index (χ0v) is 17.2. The van der Waals surface area contributed by atoms with Gasteiger partial charge in [-0.3, -0.25) is 9.59 Å². The van der Waals surface area contributed by atoms with E-state index in [1.807, 2.05) is 42.6 Å². The second-order valence-corrected chi connectivity index (χ2v) is 7.46. The molecular formula is C22H22N4O3S. The van der Waals surface area contributed by atoms with Crippen LogP contribution >= 0.6 is 11.3 Å². The lowest BCUT2D eigenvalue weighted by Gasteiger charge is -2.09. The molecule has 0 radical (unpaired) electrons. The van der Waals surface area contributed by atoms with E-state index < -0.39 is 0 Å². The number of hydrogen-bond donors (Lipinski definition) is 4. The summed E-state index contributed by atoms with van der Waals surface area (Å²) in [4.78, 5) is 36.7. The summed E-state index contributed by atoms with van der Waals surface area (Å²) in [5.41, 5.74) is 2.84. The van der Waals surface area contributed by atoms with Gasteiger partial charge in [0.1, 0.15) is 0 Å². The van der Waals surface area contributed by atoms with Crippen LogP contribution < -0.4 is 21.3 Å². The van der Waals surface area contributed by atoms with E-state index in [2.05, 4.69) is 21.3 Å². The van der Waals surface area contributed by atoms with E-state index in [1.54, 1.807) is 30.3 Å². The third-order valence-corrected chi connectivity index (χ3v) is 5.02. The van der Waals surface area contributed by atoms with Gasteiger partial charge in [0.15, 0.2) is 0 Å². The Labute approximate surface area is 178 Å². The van der Waals surface area contributed by atoms with Crippen LogP contribution in [0.25, 0.3) is 0 Å². The van der Waals surface area contributed by atoms with Crippen molar-refractivity contribution in [3.05, 3.63) is 82.0 Å². The Bertz CT molecular complexity index is 1000. The quantitative estimate of drug-likeness (QED) is 0.435. The molecule has 0 spiro atoms. The third-order valence-electron chi connectivity index (χ3n) is 4.16. The Morgan fingerprint density at radius 1 is 0.767 bits per heavy atom. The predicted octanol–water partition coefficient (Wildman–Crippen LogP) is 3.86. The number of thiophene rings is 1. The number of hydrogen-bond acceptors (Lipinski definition) is 4. The van der Waals surface area contributed by atoms with Gasteiger partial charge >= 0.3 is 6.03 Å². The number of rotatable bonds is 7. The average Bonchev–Trinajstić information content (AvgIpc) is 3.28. The summed E-state index contributed by atoms with van der Waals surface area (Å²) in [5, 5.41) is 12.8. The van der Waals surface area contributed by atoms with Gasteiger partial charge in [-0.1, -0.05) is 23.8 Å². The molecule has 7 nitrogen and oxygen atoms in total. The molecule has 0 fully saturated rings. The lowest BCUT2D eigenvalue weighted by Crippen LogP contribution is -2.34. The maximum Gasteiger partial charge on any atom is 0.323 e. The Hall–Kier alpha value is -3.65. The van der Waals surface area contributed by atoms with Crippen molar-refractivity contribution in [2.75, 3.05) is 23.7 Å². The fourth-order valence-corrected chi connectivity index (χ4v) is 3.22. The summed E-state index contributed by atoms with van der Waals surface area (Å²) in [7, 11) is 0. The molecule has 1 aromatic heterocycles. The molecule has 3 rings (SSSR count). The first kappa shape index (κ1) is 21.1. The van der Waals surface area contributed by atoms with Crippen molar-refractivity contribution in [3.63, 3.8) is 0 Å². The van der Waals surface area contributed by atoms with E-state index in [1.165, 1.54) is 11.3 Å². The molecular weight excluding hydrogens is 400 g/mol. The normalized spacial score (nSPS) is 10.2. The van der Waals surface area contributed by atoms with Crippen LogP contribution in [-0.4, -0.2) is 30.9 Å². The zero-order valence-electron chi connectivity index (χ0n) is 16.4. The molecule has 3 aromatic rings. The second-order valence-electron chi connectivity index (χ2n) is 6.51. The largest absolute Gasteiger partial charge is 0.350 e. The SMILES string of the molecule is Cc1ccc(NC(=O)Nc2ccc(C(=O)NCCNC(=O)c3cccs3)cc2)cc1. The van der Waals surface area contributed by atoms with E-state index in [-0.39, 0.29) is 17.8 Å². The number of nitrogens with one attached hydrogen (secondary N) is 4. The van der Waals surface area contributed by atoms with E-state index >= 15 is 0 Å². The molecule has 0 aliphatic rings.